The van der Waals surface area contributed by atoms with Gasteiger partial charge in [0.25, 0.3) is 0 Å². The van der Waals surface area contributed by atoms with Gasteiger partial charge in [-0.1, -0.05) is 0 Å². The fourth-order valence-corrected chi connectivity index (χ4v) is 1.27. The molecule has 1 atom stereocenters. The molecule has 0 spiro atoms. The summed E-state index contributed by atoms with van der Waals surface area (Å²) in [5.41, 5.74) is 0.398. The second-order valence-corrected chi connectivity index (χ2v) is 3.59. The van der Waals surface area contributed by atoms with Gasteiger partial charge in [-0.05, 0) is 6.42 Å². The van der Waals surface area contributed by atoms with Crippen molar-refractivity contribution in [1.82, 2.24) is 15.5 Å². The van der Waals surface area contributed by atoms with Crippen LogP contribution in [0.1, 0.15) is 12.8 Å². The molecule has 1 heterocycles. The summed E-state index contributed by atoms with van der Waals surface area (Å²) in [6.45, 7) is 0. The van der Waals surface area contributed by atoms with Crippen molar-refractivity contribution >= 4 is 23.7 Å². The highest BCUT2D eigenvalue weighted by molar-refractivity contribution is 5.92. The van der Waals surface area contributed by atoms with Crippen molar-refractivity contribution in [3.63, 3.8) is 0 Å². The predicted molar refractivity (Wildman–Crippen MR) is 63.4 cm³/mol. The van der Waals surface area contributed by atoms with Crippen molar-refractivity contribution in [1.29, 1.82) is 0 Å². The van der Waals surface area contributed by atoms with Gasteiger partial charge in [0, 0.05) is 12.6 Å². The van der Waals surface area contributed by atoms with E-state index in [-0.39, 0.29) is 12.8 Å². The van der Waals surface area contributed by atoms with Crippen LogP contribution >= 0.6 is 0 Å². The van der Waals surface area contributed by atoms with Gasteiger partial charge >= 0.3 is 18.0 Å². The van der Waals surface area contributed by atoms with Crippen molar-refractivity contribution in [2.24, 2.45) is 0 Å². The monoisotopic (exact) mass is 270 g/mol. The number of carboxylic acid groups (broad SMARTS) is 1. The Morgan fingerprint density at radius 2 is 2.26 bits per heavy atom. The Hall–Kier alpha value is -2.58. The highest BCUT2D eigenvalue weighted by atomic mass is 16.5. The third-order valence-electron chi connectivity index (χ3n) is 2.22. The highest BCUT2D eigenvalue weighted by Crippen LogP contribution is 2.03. The standard InChI is InChI=1S/C10H14N4O5/c1-19-8(15)3-2-7(9(16)17)14-10(18)13-6-4-11-12-5-6/h4-5,7H,2-3H2,1H3,(H,11,12)(H,16,17)(H2,13,14,18)/t7-/m1/s1. The van der Waals surface area contributed by atoms with Crippen molar-refractivity contribution in [3.05, 3.63) is 12.4 Å². The van der Waals surface area contributed by atoms with E-state index in [1.165, 1.54) is 19.5 Å². The molecule has 0 saturated heterocycles. The van der Waals surface area contributed by atoms with Crippen molar-refractivity contribution in [3.8, 4) is 0 Å². The number of nitrogens with zero attached hydrogens (tertiary/aromatic N) is 1. The topological polar surface area (TPSA) is 133 Å². The minimum absolute atomic E-state index is 0.0547. The molecule has 1 aromatic heterocycles. The van der Waals surface area contributed by atoms with Crippen LogP contribution in [-0.2, 0) is 14.3 Å². The lowest BCUT2D eigenvalue weighted by molar-refractivity contribution is -0.142. The number of methoxy groups -OCH3 is 1. The average Bonchev–Trinajstić information content (AvgIpc) is 2.86. The first kappa shape index (κ1) is 14.5. The first-order valence-electron chi connectivity index (χ1n) is 5.39. The maximum atomic E-state index is 11.5. The molecule has 104 valence electrons. The van der Waals surface area contributed by atoms with Gasteiger partial charge < -0.3 is 20.5 Å². The Labute approximate surface area is 108 Å². The molecule has 0 aliphatic heterocycles. The van der Waals surface area contributed by atoms with Crippen LogP contribution in [0.3, 0.4) is 0 Å². The fraction of sp³-hybridized carbons (Fsp3) is 0.400. The van der Waals surface area contributed by atoms with Crippen LogP contribution in [-0.4, -0.2) is 46.4 Å². The number of aromatic nitrogens is 2. The molecule has 0 fully saturated rings. The molecule has 19 heavy (non-hydrogen) atoms. The fourth-order valence-electron chi connectivity index (χ4n) is 1.27. The third kappa shape index (κ3) is 5.06. The maximum absolute atomic E-state index is 11.5. The molecule has 0 aliphatic carbocycles. The van der Waals surface area contributed by atoms with Crippen molar-refractivity contribution in [2.45, 2.75) is 18.9 Å². The molecule has 0 unspecified atom stereocenters. The SMILES string of the molecule is COC(=O)CC[C@@H](NC(=O)Nc1cn[nH]c1)C(=O)O. The first-order chi connectivity index (χ1) is 9.02. The number of urea groups is 1. The van der Waals surface area contributed by atoms with E-state index in [0.717, 1.165) is 0 Å². The Kier molecular flexibility index (Phi) is 5.33. The van der Waals surface area contributed by atoms with Gasteiger partial charge in [-0.3, -0.25) is 9.89 Å². The Bertz CT molecular complexity index is 445. The normalized spacial score (nSPS) is 11.4. The van der Waals surface area contributed by atoms with Crippen molar-refractivity contribution in [2.75, 3.05) is 12.4 Å². The van der Waals surface area contributed by atoms with Gasteiger partial charge in [-0.25, -0.2) is 9.59 Å². The van der Waals surface area contributed by atoms with Crippen LogP contribution < -0.4 is 10.6 Å². The molecule has 4 N–H and O–H groups in total. The summed E-state index contributed by atoms with van der Waals surface area (Å²) in [6.07, 6.45) is 2.65. The molecule has 1 aromatic rings. The second-order valence-electron chi connectivity index (χ2n) is 3.59. The van der Waals surface area contributed by atoms with E-state index in [0.29, 0.717) is 5.69 Å². The third-order valence-corrected chi connectivity index (χ3v) is 2.22. The summed E-state index contributed by atoms with van der Waals surface area (Å²) in [7, 11) is 1.21. The number of H-pyrrole nitrogens is 1. The molecule has 0 bridgehead atoms. The number of nitrogens with one attached hydrogen (secondary N) is 3. The highest BCUT2D eigenvalue weighted by Gasteiger charge is 2.21. The van der Waals surface area contributed by atoms with Gasteiger partial charge in [-0.2, -0.15) is 5.10 Å². The first-order valence-corrected chi connectivity index (χ1v) is 5.39. The van der Waals surface area contributed by atoms with E-state index in [1.807, 2.05) is 0 Å². The molecule has 0 aliphatic rings. The summed E-state index contributed by atoms with van der Waals surface area (Å²) in [5, 5.41) is 19.6. The summed E-state index contributed by atoms with van der Waals surface area (Å²) < 4.78 is 4.40. The molecule has 9 nitrogen and oxygen atoms in total. The molecule has 9 heteroatoms. The van der Waals surface area contributed by atoms with Gasteiger partial charge in [0.2, 0.25) is 0 Å². The minimum atomic E-state index is -1.23. The minimum Gasteiger partial charge on any atom is -0.480 e. The number of ether oxygens (including phenoxy) is 1. The van der Waals surface area contributed by atoms with Gasteiger partial charge in [0.05, 0.1) is 19.0 Å². The van der Waals surface area contributed by atoms with Crippen LogP contribution in [0.25, 0.3) is 0 Å². The molecular weight excluding hydrogens is 256 g/mol. The summed E-state index contributed by atoms with van der Waals surface area (Å²) in [6, 6.07) is -1.87. The number of aromatic amines is 1. The number of anilines is 1. The summed E-state index contributed by atoms with van der Waals surface area (Å²) >= 11 is 0. The molecule has 1 rings (SSSR count). The number of amides is 2. The summed E-state index contributed by atoms with van der Waals surface area (Å²) in [5.74, 6) is -1.77. The quantitative estimate of drug-likeness (QED) is 0.535. The zero-order valence-corrected chi connectivity index (χ0v) is 10.2. The largest absolute Gasteiger partial charge is 0.480 e. The van der Waals surface area contributed by atoms with Gasteiger partial charge in [0.1, 0.15) is 6.04 Å². The number of hydrogen-bond donors (Lipinski definition) is 4. The Balaban J connectivity index is 2.46. The van der Waals surface area contributed by atoms with Crippen molar-refractivity contribution < 1.29 is 24.2 Å². The van der Waals surface area contributed by atoms with Crippen LogP contribution in [0.2, 0.25) is 0 Å². The zero-order valence-electron chi connectivity index (χ0n) is 10.2. The van der Waals surface area contributed by atoms with E-state index in [9.17, 15) is 14.4 Å². The predicted octanol–water partition coefficient (Wildman–Crippen LogP) is -0.0624. The number of aliphatic carboxylic acids is 1. The molecule has 2 amide bonds. The number of carbonyl (C=O) groups excluding carboxylic acids is 2. The van der Waals surface area contributed by atoms with Crippen LogP contribution in [0, 0.1) is 0 Å². The lowest BCUT2D eigenvalue weighted by Crippen LogP contribution is -2.43. The number of carbonyl (C=O) groups is 3. The van der Waals surface area contributed by atoms with Crippen LogP contribution in [0.15, 0.2) is 12.4 Å². The van der Waals surface area contributed by atoms with E-state index < -0.39 is 24.0 Å². The van der Waals surface area contributed by atoms with E-state index in [2.05, 4.69) is 25.6 Å². The second kappa shape index (κ2) is 6.99. The van der Waals surface area contributed by atoms with Gasteiger partial charge in [0.15, 0.2) is 0 Å². The lowest BCUT2D eigenvalue weighted by atomic mass is 10.1. The molecular formula is C10H14N4O5. The number of rotatable bonds is 6. The molecule has 0 saturated carbocycles. The van der Waals surface area contributed by atoms with Crippen LogP contribution in [0.4, 0.5) is 10.5 Å². The number of esters is 1. The van der Waals surface area contributed by atoms with Gasteiger partial charge in [-0.15, -0.1) is 0 Å². The maximum Gasteiger partial charge on any atom is 0.326 e. The smallest absolute Gasteiger partial charge is 0.326 e. The van der Waals surface area contributed by atoms with E-state index in [1.54, 1.807) is 0 Å². The zero-order chi connectivity index (χ0) is 14.3. The van der Waals surface area contributed by atoms with E-state index >= 15 is 0 Å². The Morgan fingerprint density at radius 3 is 2.79 bits per heavy atom. The van der Waals surface area contributed by atoms with E-state index in [4.69, 9.17) is 5.11 Å². The lowest BCUT2D eigenvalue weighted by Gasteiger charge is -2.13. The Morgan fingerprint density at radius 1 is 1.53 bits per heavy atom. The van der Waals surface area contributed by atoms with Crippen LogP contribution in [0.5, 0.6) is 0 Å². The number of hydrogen-bond acceptors (Lipinski definition) is 5. The number of carboxylic acids is 1. The molecule has 0 aromatic carbocycles. The summed E-state index contributed by atoms with van der Waals surface area (Å²) in [4.78, 5) is 33.3. The average molecular weight is 270 g/mol. The molecule has 0 radical (unpaired) electrons.